The summed E-state index contributed by atoms with van der Waals surface area (Å²) in [5.74, 6) is 0.484. The molecule has 5 aliphatic heterocycles. The summed E-state index contributed by atoms with van der Waals surface area (Å²) in [6.07, 6.45) is 10.7. The third kappa shape index (κ3) is 10.2. The number of amides is 2. The molecule has 21 heteroatoms. The summed E-state index contributed by atoms with van der Waals surface area (Å²) < 4.78 is 37.2. The van der Waals surface area contributed by atoms with E-state index in [-0.39, 0.29) is 60.8 Å². The molecule has 2 bridgehead atoms. The van der Waals surface area contributed by atoms with Gasteiger partial charge in [-0.2, -0.15) is 15.1 Å². The second kappa shape index (κ2) is 22.1. The highest BCUT2D eigenvalue weighted by Crippen LogP contribution is 2.53. The number of aliphatic hydroxyl groups is 1. The molecule has 6 aliphatic rings. The number of ether oxygens (including phenoxy) is 3. The Balaban J connectivity index is 0.776. The second-order valence-electron chi connectivity index (χ2n) is 22.6. The third-order valence-electron chi connectivity index (χ3n) is 17.0. The maximum absolute atomic E-state index is 16.2. The standard InChI is InChI=1S/C60H65ClFN13O6/c1-32(2)54(59(78)73-18-4-5-50(73)58(77)67-49(29-76)38-14-12-36(13-15-38)44-25-63-31-65-56(44)61)75-28-48(71-72-75)37-8-6-34(7-9-37)30-80-55-52(51-33(3)46(62)23-47-45(51)26-66-70-47)42(35-10-11-35)22-43-53(55)68-60(81-41-16-19-79-20-17-41)69-57(43)74-27-39-21-40(74)24-64-39/h6-9,12-15,22-23,25-26,28,32,35,39-41,49-50,54,64-65,76H,4-5,10-11,16-21,24,27,29-31H2,1-3H3,(H,66,70)(H,67,77)/t39-,40-,49-,50-,54-/m0/s1. The van der Waals surface area contributed by atoms with E-state index in [2.05, 4.69) is 52.4 Å². The summed E-state index contributed by atoms with van der Waals surface area (Å²) in [4.78, 5) is 47.4. The number of aliphatic hydroxyl groups excluding tert-OH is 1. The fraction of sp³-hybridized carbons (Fsp3) is 0.433. The number of hydrogen-bond donors (Lipinski definition) is 5. The molecule has 420 valence electrons. The van der Waals surface area contributed by atoms with Gasteiger partial charge in [0.25, 0.3) is 0 Å². The minimum Gasteiger partial charge on any atom is -0.486 e. The Bertz CT molecular complexity index is 3600. The van der Waals surface area contributed by atoms with E-state index >= 15 is 4.39 Å². The van der Waals surface area contributed by atoms with E-state index in [0.717, 1.165) is 101 Å². The first-order valence-electron chi connectivity index (χ1n) is 28.3. The summed E-state index contributed by atoms with van der Waals surface area (Å²) in [5.41, 5.74) is 8.80. The van der Waals surface area contributed by atoms with Gasteiger partial charge in [0.1, 0.15) is 59.5 Å². The Morgan fingerprint density at radius 3 is 2.52 bits per heavy atom. The van der Waals surface area contributed by atoms with Crippen molar-refractivity contribution in [2.75, 3.05) is 51.0 Å². The van der Waals surface area contributed by atoms with Gasteiger partial charge < -0.3 is 45.1 Å². The molecule has 4 aromatic carbocycles. The average molecular weight is 1120 g/mol. The van der Waals surface area contributed by atoms with Crippen molar-refractivity contribution in [3.05, 3.63) is 112 Å². The van der Waals surface area contributed by atoms with Crippen LogP contribution in [0.4, 0.5) is 10.2 Å². The molecule has 7 aromatic rings. The Kier molecular flexibility index (Phi) is 14.4. The lowest BCUT2D eigenvalue weighted by Gasteiger charge is -2.31. The number of aromatic nitrogens is 7. The van der Waals surface area contributed by atoms with Crippen LogP contribution < -0.4 is 30.3 Å². The van der Waals surface area contributed by atoms with Gasteiger partial charge in [-0.1, -0.05) is 79.2 Å². The van der Waals surface area contributed by atoms with Crippen molar-refractivity contribution in [2.24, 2.45) is 10.9 Å². The number of anilines is 1. The van der Waals surface area contributed by atoms with Crippen molar-refractivity contribution in [2.45, 2.75) is 115 Å². The number of H-pyrrole nitrogens is 1. The van der Waals surface area contributed by atoms with Crippen molar-refractivity contribution in [3.63, 3.8) is 0 Å². The molecular formula is C60H65ClFN13O6. The van der Waals surface area contributed by atoms with E-state index in [1.807, 2.05) is 69.3 Å². The zero-order chi connectivity index (χ0) is 55.5. The lowest BCUT2D eigenvalue weighted by molar-refractivity contribution is -0.142. The van der Waals surface area contributed by atoms with Crippen LogP contribution in [0.2, 0.25) is 0 Å². The summed E-state index contributed by atoms with van der Waals surface area (Å²) in [6, 6.07) is 17.8. The number of benzene rings is 4. The molecule has 2 amide bonds. The number of carbonyl (C=O) groups excluding carboxylic acids is 2. The fourth-order valence-corrected chi connectivity index (χ4v) is 12.7. The lowest BCUT2D eigenvalue weighted by Crippen LogP contribution is -2.50. The highest BCUT2D eigenvalue weighted by Gasteiger charge is 2.42. The van der Waals surface area contributed by atoms with Crippen LogP contribution in [0.1, 0.15) is 105 Å². The van der Waals surface area contributed by atoms with Crippen molar-refractivity contribution in [1.29, 1.82) is 0 Å². The van der Waals surface area contributed by atoms with Gasteiger partial charge in [-0.3, -0.25) is 19.7 Å². The second-order valence-corrected chi connectivity index (χ2v) is 23.0. The summed E-state index contributed by atoms with van der Waals surface area (Å²) in [5, 5.41) is 38.7. The summed E-state index contributed by atoms with van der Waals surface area (Å²) in [7, 11) is 0. The van der Waals surface area contributed by atoms with Gasteiger partial charge in [0, 0.05) is 83.8 Å². The Hall–Kier alpha value is -7.52. The number of piperazine rings is 1. The molecule has 5 N–H and O–H groups in total. The predicted octanol–water partition coefficient (Wildman–Crippen LogP) is 8.02. The number of allylic oxidation sites excluding steroid dienone is 1. The van der Waals surface area contributed by atoms with Gasteiger partial charge >= 0.3 is 6.01 Å². The van der Waals surface area contributed by atoms with Crippen molar-refractivity contribution < 1.29 is 33.3 Å². The molecule has 5 atom stereocenters. The normalized spacial score (nSPS) is 20.9. The van der Waals surface area contributed by atoms with Crippen LogP contribution in [-0.2, 0) is 20.9 Å². The molecule has 1 saturated carbocycles. The minimum atomic E-state index is -0.739. The maximum Gasteiger partial charge on any atom is 0.319 e. The van der Waals surface area contributed by atoms with Crippen molar-refractivity contribution in [1.82, 2.24) is 56.0 Å². The van der Waals surface area contributed by atoms with Crippen LogP contribution in [0, 0.1) is 18.7 Å². The van der Waals surface area contributed by atoms with Gasteiger partial charge in [-0.15, -0.1) is 5.10 Å². The molecule has 3 aromatic heterocycles. The first-order valence-corrected chi connectivity index (χ1v) is 28.7. The van der Waals surface area contributed by atoms with E-state index < -0.39 is 18.1 Å². The van der Waals surface area contributed by atoms with E-state index in [0.29, 0.717) is 84.1 Å². The number of carbonyl (C=O) groups is 2. The molecule has 0 spiro atoms. The van der Waals surface area contributed by atoms with Crippen LogP contribution in [0.3, 0.4) is 0 Å². The molecule has 13 rings (SSSR count). The third-order valence-corrected chi connectivity index (χ3v) is 17.3. The first kappa shape index (κ1) is 52.8. The zero-order valence-corrected chi connectivity index (χ0v) is 46.3. The number of aliphatic imine (C=N–C) groups is 1. The molecule has 19 nitrogen and oxygen atoms in total. The van der Waals surface area contributed by atoms with E-state index in [9.17, 15) is 14.7 Å². The highest BCUT2D eigenvalue weighted by atomic mass is 35.5. The Labute approximate surface area is 472 Å². The van der Waals surface area contributed by atoms with Gasteiger partial charge in [0.2, 0.25) is 11.8 Å². The minimum absolute atomic E-state index is 0.109. The number of rotatable bonds is 17. The fourth-order valence-electron chi connectivity index (χ4n) is 12.5. The number of fused-ring (bicyclic) bond motifs is 4. The zero-order valence-electron chi connectivity index (χ0n) is 45.5. The molecule has 1 aliphatic carbocycles. The van der Waals surface area contributed by atoms with E-state index in [1.165, 1.54) is 6.07 Å². The maximum atomic E-state index is 16.2. The topological polar surface area (TPSA) is 222 Å². The quantitative estimate of drug-likeness (QED) is 0.0545. The largest absolute Gasteiger partial charge is 0.486 e. The molecule has 5 fully saturated rings. The first-order chi connectivity index (χ1) is 39.5. The molecular weight excluding hydrogens is 1050 g/mol. The monoisotopic (exact) mass is 1120 g/mol. The number of aromatic amines is 1. The number of nitrogens with one attached hydrogen (secondary N) is 4. The van der Waals surface area contributed by atoms with E-state index in [1.54, 1.807) is 28.2 Å². The van der Waals surface area contributed by atoms with Gasteiger partial charge in [-0.25, -0.2) is 9.07 Å². The molecule has 8 heterocycles. The van der Waals surface area contributed by atoms with Crippen LogP contribution in [-0.4, -0.2) is 134 Å². The van der Waals surface area contributed by atoms with Crippen LogP contribution in [0.25, 0.3) is 49.8 Å². The average Bonchev–Trinajstić information content (AvgIpc) is 4.31. The van der Waals surface area contributed by atoms with Gasteiger partial charge in [0.15, 0.2) is 5.75 Å². The smallest absolute Gasteiger partial charge is 0.319 e. The van der Waals surface area contributed by atoms with Crippen molar-refractivity contribution >= 4 is 62.8 Å². The Morgan fingerprint density at radius 2 is 1.79 bits per heavy atom. The van der Waals surface area contributed by atoms with E-state index in [4.69, 9.17) is 35.8 Å². The number of likely N-dealkylation sites (tertiary alicyclic amines) is 1. The number of halogens is 2. The molecule has 0 unspecified atom stereocenters. The Morgan fingerprint density at radius 1 is 0.988 bits per heavy atom. The van der Waals surface area contributed by atoms with Crippen molar-refractivity contribution in [3.8, 4) is 34.1 Å². The summed E-state index contributed by atoms with van der Waals surface area (Å²) >= 11 is 6.39. The van der Waals surface area contributed by atoms with Crippen LogP contribution in [0.5, 0.6) is 11.8 Å². The lowest BCUT2D eigenvalue weighted by atomic mass is 9.88. The van der Waals surface area contributed by atoms with Gasteiger partial charge in [-0.05, 0) is 90.8 Å². The van der Waals surface area contributed by atoms with Crippen LogP contribution >= 0.6 is 11.6 Å². The number of hydrogen-bond acceptors (Lipinski definition) is 15. The predicted molar refractivity (Wildman–Crippen MR) is 305 cm³/mol. The van der Waals surface area contributed by atoms with Crippen LogP contribution in [0.15, 0.2) is 83.2 Å². The summed E-state index contributed by atoms with van der Waals surface area (Å²) in [6.45, 7) is 9.24. The SMILES string of the molecule is Cc1c(F)cc2[nH]ncc2c1-c1c(C2CC2)cc2c(N3C[C@@H]4C[C@H]3CN4)nc(OC3CCOCC3)nc2c1OCc1ccc(-c2cn([C@H](C(=O)N3CCC[C@H]3C(=O)N[C@@H](CO)c3ccc(C4=C(Cl)NCN=C4)cc3)C(C)C)nn2)cc1. The van der Waals surface area contributed by atoms with Gasteiger partial charge in [0.05, 0.1) is 43.8 Å². The molecule has 81 heavy (non-hydrogen) atoms. The highest BCUT2D eigenvalue weighted by molar-refractivity contribution is 6.37. The molecule has 0 radical (unpaired) electrons. The number of nitrogens with zero attached hydrogens (tertiary/aromatic N) is 9. The molecule has 4 saturated heterocycles.